The molecule has 0 aliphatic carbocycles. The van der Waals surface area contributed by atoms with Crippen molar-refractivity contribution in [3.8, 4) is 0 Å². The first kappa shape index (κ1) is 20.4. The van der Waals surface area contributed by atoms with E-state index in [2.05, 4.69) is 6.08 Å². The highest BCUT2D eigenvalue weighted by atomic mass is 16.5. The van der Waals surface area contributed by atoms with E-state index in [1.165, 1.54) is 4.90 Å². The molecule has 0 radical (unpaired) electrons. The number of rotatable bonds is 4. The lowest BCUT2D eigenvalue weighted by Gasteiger charge is -2.38. The van der Waals surface area contributed by atoms with E-state index >= 15 is 0 Å². The van der Waals surface area contributed by atoms with Crippen LogP contribution in [0.5, 0.6) is 0 Å². The summed E-state index contributed by atoms with van der Waals surface area (Å²) >= 11 is 0. The molecular formula is C27H26N2O4. The second-order valence-electron chi connectivity index (χ2n) is 9.41. The van der Waals surface area contributed by atoms with E-state index in [-0.39, 0.29) is 36.3 Å². The maximum absolute atomic E-state index is 13.9. The first-order valence-corrected chi connectivity index (χ1v) is 11.7. The van der Waals surface area contributed by atoms with Gasteiger partial charge in [-0.2, -0.15) is 0 Å². The number of nitrogens with zero attached hydrogens (tertiary/aromatic N) is 2. The van der Waals surface area contributed by atoms with Gasteiger partial charge in [0, 0.05) is 23.4 Å². The number of fused-ring (bicyclic) bond motifs is 5. The summed E-state index contributed by atoms with van der Waals surface area (Å²) in [4.78, 5) is 44.6. The normalized spacial score (nSPS) is 30.2. The van der Waals surface area contributed by atoms with Crippen molar-refractivity contribution >= 4 is 28.9 Å². The Hall–Kier alpha value is -3.25. The molecule has 5 atom stereocenters. The molecule has 0 spiro atoms. The van der Waals surface area contributed by atoms with Crippen LogP contribution in [0.25, 0.3) is 5.57 Å². The van der Waals surface area contributed by atoms with E-state index in [0.29, 0.717) is 12.2 Å². The zero-order valence-electron chi connectivity index (χ0n) is 18.5. The Labute approximate surface area is 192 Å². The van der Waals surface area contributed by atoms with E-state index in [1.54, 1.807) is 12.1 Å². The predicted molar refractivity (Wildman–Crippen MR) is 124 cm³/mol. The number of anilines is 1. The summed E-state index contributed by atoms with van der Waals surface area (Å²) < 4.78 is 5.71. The van der Waals surface area contributed by atoms with Crippen LogP contribution in [0.1, 0.15) is 35.7 Å². The smallest absolute Gasteiger partial charge is 0.235 e. The molecule has 6 heteroatoms. The molecule has 6 nitrogen and oxygen atoms in total. The van der Waals surface area contributed by atoms with Crippen LogP contribution in [-0.4, -0.2) is 53.8 Å². The van der Waals surface area contributed by atoms with Gasteiger partial charge in [0.25, 0.3) is 0 Å². The zero-order chi connectivity index (χ0) is 22.7. The molecule has 4 aliphatic heterocycles. The summed E-state index contributed by atoms with van der Waals surface area (Å²) in [6.45, 7) is 2.98. The van der Waals surface area contributed by atoms with E-state index < -0.39 is 17.9 Å². The lowest BCUT2D eigenvalue weighted by molar-refractivity contribution is -0.142. The van der Waals surface area contributed by atoms with Crippen LogP contribution in [0.15, 0.2) is 60.7 Å². The number of allylic oxidation sites excluding steroid dienone is 1. The van der Waals surface area contributed by atoms with Crippen LogP contribution >= 0.6 is 0 Å². The highest BCUT2D eigenvalue weighted by molar-refractivity contribution is 6.14. The third-order valence-corrected chi connectivity index (χ3v) is 7.58. The van der Waals surface area contributed by atoms with E-state index in [0.717, 1.165) is 29.7 Å². The molecule has 3 saturated heterocycles. The lowest BCUT2D eigenvalue weighted by Crippen LogP contribution is -2.49. The highest BCUT2D eigenvalue weighted by Gasteiger charge is 2.64. The van der Waals surface area contributed by atoms with Gasteiger partial charge in [0.2, 0.25) is 11.8 Å². The third kappa shape index (κ3) is 3.00. The standard InChI is InChI=1S/C27H26N2O4/c1-16-14-21-22-23(27(32)28(26(22)31)15-18-10-7-13-33-18)24(25(30)17-8-3-2-4-9-17)29(21)20-12-6-5-11-19(16)20/h2-6,8-9,11-12,14,18,21-24H,7,10,13,15H2,1H3/t18-,21+,22-,23-,24-/m0/s1. The average Bonchev–Trinajstić information content (AvgIpc) is 3.53. The highest BCUT2D eigenvalue weighted by Crippen LogP contribution is 2.50. The summed E-state index contributed by atoms with van der Waals surface area (Å²) in [6, 6.07) is 16.0. The van der Waals surface area contributed by atoms with Crippen molar-refractivity contribution in [3.63, 3.8) is 0 Å². The number of imide groups is 1. The molecule has 0 N–H and O–H groups in total. The number of likely N-dealkylation sites (tertiary alicyclic amines) is 1. The van der Waals surface area contributed by atoms with Crippen LogP contribution in [-0.2, 0) is 14.3 Å². The average molecular weight is 443 g/mol. The minimum Gasteiger partial charge on any atom is -0.376 e. The Morgan fingerprint density at radius 2 is 1.73 bits per heavy atom. The molecule has 0 aromatic heterocycles. The van der Waals surface area contributed by atoms with Crippen molar-refractivity contribution < 1.29 is 19.1 Å². The zero-order valence-corrected chi connectivity index (χ0v) is 18.5. The summed E-state index contributed by atoms with van der Waals surface area (Å²) in [7, 11) is 0. The van der Waals surface area contributed by atoms with Gasteiger partial charge in [-0.25, -0.2) is 0 Å². The summed E-state index contributed by atoms with van der Waals surface area (Å²) in [5.74, 6) is -1.81. The number of amides is 2. The van der Waals surface area contributed by atoms with E-state index in [1.807, 2.05) is 54.3 Å². The molecule has 33 heavy (non-hydrogen) atoms. The van der Waals surface area contributed by atoms with Crippen LogP contribution in [0, 0.1) is 11.8 Å². The van der Waals surface area contributed by atoms with Crippen LogP contribution in [0.2, 0.25) is 0 Å². The van der Waals surface area contributed by atoms with Crippen molar-refractivity contribution in [1.82, 2.24) is 4.90 Å². The lowest BCUT2D eigenvalue weighted by atomic mass is 9.85. The van der Waals surface area contributed by atoms with Gasteiger partial charge in [0.05, 0.1) is 30.5 Å². The minimum atomic E-state index is -0.723. The van der Waals surface area contributed by atoms with Gasteiger partial charge >= 0.3 is 0 Å². The fourth-order valence-corrected chi connectivity index (χ4v) is 6.10. The Morgan fingerprint density at radius 1 is 1.00 bits per heavy atom. The van der Waals surface area contributed by atoms with Crippen molar-refractivity contribution in [2.24, 2.45) is 11.8 Å². The van der Waals surface area contributed by atoms with Gasteiger partial charge in [0.1, 0.15) is 6.04 Å². The number of hydrogen-bond donors (Lipinski definition) is 0. The van der Waals surface area contributed by atoms with Crippen LogP contribution < -0.4 is 4.90 Å². The number of ether oxygens (including phenoxy) is 1. The predicted octanol–water partition coefficient (Wildman–Crippen LogP) is 3.32. The quantitative estimate of drug-likeness (QED) is 0.537. The van der Waals surface area contributed by atoms with Crippen molar-refractivity contribution in [3.05, 3.63) is 71.8 Å². The maximum Gasteiger partial charge on any atom is 0.235 e. The molecule has 4 heterocycles. The molecule has 6 rings (SSSR count). The fourth-order valence-electron chi connectivity index (χ4n) is 6.10. The fraction of sp³-hybridized carbons (Fsp3) is 0.370. The molecule has 2 amide bonds. The van der Waals surface area contributed by atoms with Gasteiger partial charge < -0.3 is 9.64 Å². The molecular weight excluding hydrogens is 416 g/mol. The first-order valence-electron chi connectivity index (χ1n) is 11.7. The van der Waals surface area contributed by atoms with Gasteiger partial charge in [0.15, 0.2) is 5.78 Å². The third-order valence-electron chi connectivity index (χ3n) is 7.58. The van der Waals surface area contributed by atoms with Crippen LogP contribution in [0.3, 0.4) is 0 Å². The van der Waals surface area contributed by atoms with Gasteiger partial charge in [-0.1, -0.05) is 54.6 Å². The molecule has 2 aromatic rings. The molecule has 0 bridgehead atoms. The number of benzene rings is 2. The molecule has 2 aromatic carbocycles. The number of carbonyl (C=O) groups is 3. The number of carbonyl (C=O) groups excluding carboxylic acids is 3. The van der Waals surface area contributed by atoms with Crippen molar-refractivity contribution in [2.45, 2.75) is 38.0 Å². The molecule has 0 saturated carbocycles. The Balaban J connectivity index is 1.46. The SMILES string of the molecule is CC1=C[C@@H]2[C@@H]3C(=O)N(C[C@@H]4CCCO4)C(=O)[C@@H]3[C@@H](C(=O)c3ccccc3)N2c2ccccc21. The number of para-hydroxylation sites is 1. The second-order valence-corrected chi connectivity index (χ2v) is 9.41. The summed E-state index contributed by atoms with van der Waals surface area (Å²) in [6.07, 6.45) is 3.75. The molecule has 0 unspecified atom stereocenters. The molecule has 4 aliphatic rings. The molecule has 168 valence electrons. The first-order chi connectivity index (χ1) is 16.1. The van der Waals surface area contributed by atoms with Gasteiger partial charge in [-0.05, 0) is 31.4 Å². The monoisotopic (exact) mass is 442 g/mol. The number of ketones is 1. The number of Topliss-reactive ketones (excluding diaryl/α,β-unsaturated/α-hetero) is 1. The maximum atomic E-state index is 13.9. The van der Waals surface area contributed by atoms with Gasteiger partial charge in [-0.3, -0.25) is 19.3 Å². The Kier molecular flexibility index (Phi) is 4.73. The number of hydrogen-bond acceptors (Lipinski definition) is 5. The second kappa shape index (κ2) is 7.66. The summed E-state index contributed by atoms with van der Waals surface area (Å²) in [5, 5.41) is 0. The largest absolute Gasteiger partial charge is 0.376 e. The topological polar surface area (TPSA) is 66.9 Å². The Morgan fingerprint density at radius 3 is 2.48 bits per heavy atom. The van der Waals surface area contributed by atoms with Crippen molar-refractivity contribution in [2.75, 3.05) is 18.1 Å². The van der Waals surface area contributed by atoms with E-state index in [9.17, 15) is 14.4 Å². The minimum absolute atomic E-state index is 0.111. The van der Waals surface area contributed by atoms with Crippen molar-refractivity contribution in [1.29, 1.82) is 0 Å². The van der Waals surface area contributed by atoms with Gasteiger partial charge in [-0.15, -0.1) is 0 Å². The summed E-state index contributed by atoms with van der Waals surface area (Å²) in [5.41, 5.74) is 3.58. The Bertz CT molecular complexity index is 1170. The molecule has 3 fully saturated rings. The van der Waals surface area contributed by atoms with Crippen LogP contribution in [0.4, 0.5) is 5.69 Å². The van der Waals surface area contributed by atoms with E-state index in [4.69, 9.17) is 4.74 Å².